The predicted octanol–water partition coefficient (Wildman–Crippen LogP) is 5.12. The molecule has 4 heteroatoms. The van der Waals surface area contributed by atoms with Gasteiger partial charge in [-0.25, -0.2) is 4.98 Å². The number of hydrogen-bond donors (Lipinski definition) is 0. The lowest BCUT2D eigenvalue weighted by Gasteiger charge is -1.92. The van der Waals surface area contributed by atoms with Crippen LogP contribution in [0.3, 0.4) is 0 Å². The van der Waals surface area contributed by atoms with Gasteiger partial charge in [0.25, 0.3) is 0 Å². The Labute approximate surface area is 119 Å². The molecule has 0 bridgehead atoms. The Bertz CT molecular complexity index is 871. The molecule has 0 fully saturated rings. The highest BCUT2D eigenvalue weighted by Gasteiger charge is 2.16. The van der Waals surface area contributed by atoms with Gasteiger partial charge in [-0.15, -0.1) is 11.3 Å². The average Bonchev–Trinajstić information content (AvgIpc) is 3.17. The van der Waals surface area contributed by atoms with Crippen LogP contribution in [0.15, 0.2) is 56.9 Å². The maximum Gasteiger partial charge on any atom is 0.162 e. The minimum atomic E-state index is 0.787. The average molecular weight is 281 g/mol. The third kappa shape index (κ3) is 1.69. The number of furan rings is 2. The predicted molar refractivity (Wildman–Crippen MR) is 79.8 cm³/mol. The Morgan fingerprint density at radius 1 is 1.10 bits per heavy atom. The van der Waals surface area contributed by atoms with Gasteiger partial charge in [0.05, 0.1) is 6.26 Å². The molecule has 0 unspecified atom stereocenters. The number of benzene rings is 1. The summed E-state index contributed by atoms with van der Waals surface area (Å²) in [6, 6.07) is 11.8. The summed E-state index contributed by atoms with van der Waals surface area (Å²) in [5.41, 5.74) is 2.87. The molecule has 3 aromatic heterocycles. The lowest BCUT2D eigenvalue weighted by Crippen LogP contribution is -1.78. The fourth-order valence-electron chi connectivity index (χ4n) is 2.31. The molecule has 0 saturated carbocycles. The van der Waals surface area contributed by atoms with E-state index in [1.807, 2.05) is 35.7 Å². The Morgan fingerprint density at radius 2 is 2.00 bits per heavy atom. The summed E-state index contributed by atoms with van der Waals surface area (Å²) in [6.07, 6.45) is 1.66. The smallest absolute Gasteiger partial charge is 0.162 e. The number of para-hydroxylation sites is 1. The second-order valence-electron chi connectivity index (χ2n) is 4.57. The molecule has 1 aromatic carbocycles. The third-order valence-corrected chi connectivity index (χ3v) is 4.17. The highest BCUT2D eigenvalue weighted by molar-refractivity contribution is 7.13. The van der Waals surface area contributed by atoms with Crippen molar-refractivity contribution < 1.29 is 8.83 Å². The first-order chi connectivity index (χ1) is 9.83. The zero-order valence-corrected chi connectivity index (χ0v) is 11.6. The Kier molecular flexibility index (Phi) is 2.50. The Hall–Kier alpha value is -2.33. The SMILES string of the molecule is Cc1c(-c2csc(-c3ccco3)n2)oc2ccccc12. The van der Waals surface area contributed by atoms with Gasteiger partial charge in [0, 0.05) is 16.3 Å². The van der Waals surface area contributed by atoms with Crippen LogP contribution in [0.25, 0.3) is 33.2 Å². The first-order valence-electron chi connectivity index (χ1n) is 6.31. The Balaban J connectivity index is 1.85. The van der Waals surface area contributed by atoms with Crippen LogP contribution in [0.5, 0.6) is 0 Å². The van der Waals surface area contributed by atoms with Gasteiger partial charge in [-0.3, -0.25) is 0 Å². The molecule has 0 aliphatic heterocycles. The van der Waals surface area contributed by atoms with Gasteiger partial charge in [-0.05, 0) is 25.1 Å². The second-order valence-corrected chi connectivity index (χ2v) is 5.43. The van der Waals surface area contributed by atoms with Crippen LogP contribution >= 0.6 is 11.3 Å². The zero-order valence-electron chi connectivity index (χ0n) is 10.8. The summed E-state index contributed by atoms with van der Waals surface area (Å²) >= 11 is 1.56. The van der Waals surface area contributed by atoms with Crippen molar-refractivity contribution in [3.8, 4) is 22.2 Å². The first-order valence-corrected chi connectivity index (χ1v) is 7.19. The number of aromatic nitrogens is 1. The normalized spacial score (nSPS) is 11.2. The van der Waals surface area contributed by atoms with E-state index in [0.717, 1.165) is 38.8 Å². The van der Waals surface area contributed by atoms with Gasteiger partial charge < -0.3 is 8.83 Å². The first kappa shape index (κ1) is 11.5. The molecule has 0 radical (unpaired) electrons. The monoisotopic (exact) mass is 281 g/mol. The largest absolute Gasteiger partial charge is 0.462 e. The highest BCUT2D eigenvalue weighted by Crippen LogP contribution is 2.35. The van der Waals surface area contributed by atoms with Crippen LogP contribution in [0, 0.1) is 6.92 Å². The van der Waals surface area contributed by atoms with E-state index in [4.69, 9.17) is 8.83 Å². The summed E-state index contributed by atoms with van der Waals surface area (Å²) in [6.45, 7) is 2.06. The fourth-order valence-corrected chi connectivity index (χ4v) is 3.08. The molecule has 98 valence electrons. The molecule has 0 amide bonds. The van der Waals surface area contributed by atoms with Crippen molar-refractivity contribution in [1.29, 1.82) is 0 Å². The van der Waals surface area contributed by atoms with Crippen molar-refractivity contribution in [3.05, 3.63) is 53.6 Å². The fraction of sp³-hybridized carbons (Fsp3) is 0.0625. The molecule has 0 atom stereocenters. The molecular weight excluding hydrogens is 270 g/mol. The van der Waals surface area contributed by atoms with E-state index >= 15 is 0 Å². The van der Waals surface area contributed by atoms with Crippen LogP contribution in [-0.2, 0) is 0 Å². The molecule has 0 aliphatic carbocycles. The molecule has 3 nitrogen and oxygen atoms in total. The molecule has 20 heavy (non-hydrogen) atoms. The molecular formula is C16H11NO2S. The number of rotatable bonds is 2. The summed E-state index contributed by atoms with van der Waals surface area (Å²) in [5, 5.41) is 4.00. The highest BCUT2D eigenvalue weighted by atomic mass is 32.1. The van der Waals surface area contributed by atoms with Crippen LogP contribution in [0.4, 0.5) is 0 Å². The van der Waals surface area contributed by atoms with E-state index in [2.05, 4.69) is 18.0 Å². The van der Waals surface area contributed by atoms with E-state index in [9.17, 15) is 0 Å². The Morgan fingerprint density at radius 3 is 2.80 bits per heavy atom. The van der Waals surface area contributed by atoms with Crippen molar-refractivity contribution in [2.75, 3.05) is 0 Å². The molecule has 0 N–H and O–H groups in total. The lowest BCUT2D eigenvalue weighted by molar-refractivity contribution is 0.581. The van der Waals surface area contributed by atoms with Gasteiger partial charge in [-0.1, -0.05) is 18.2 Å². The molecule has 0 aliphatic rings. The van der Waals surface area contributed by atoms with Crippen LogP contribution in [0.1, 0.15) is 5.56 Å². The minimum absolute atomic E-state index is 0.787. The van der Waals surface area contributed by atoms with Crippen molar-refractivity contribution in [1.82, 2.24) is 4.98 Å². The van der Waals surface area contributed by atoms with E-state index in [1.165, 1.54) is 0 Å². The number of fused-ring (bicyclic) bond motifs is 1. The third-order valence-electron chi connectivity index (χ3n) is 3.31. The van der Waals surface area contributed by atoms with Crippen molar-refractivity contribution in [3.63, 3.8) is 0 Å². The summed E-state index contributed by atoms with van der Waals surface area (Å²) in [5.74, 6) is 1.62. The molecule has 4 rings (SSSR count). The van der Waals surface area contributed by atoms with E-state index in [-0.39, 0.29) is 0 Å². The second kappa shape index (κ2) is 4.35. The van der Waals surface area contributed by atoms with Crippen molar-refractivity contribution in [2.24, 2.45) is 0 Å². The molecule has 4 aromatic rings. The summed E-state index contributed by atoms with van der Waals surface area (Å²) in [7, 11) is 0. The molecule has 0 saturated heterocycles. The van der Waals surface area contributed by atoms with Gasteiger partial charge in [0.2, 0.25) is 0 Å². The van der Waals surface area contributed by atoms with Gasteiger partial charge in [0.1, 0.15) is 11.3 Å². The standard InChI is InChI=1S/C16H11NO2S/c1-10-11-5-2-3-6-13(11)19-15(10)12-9-20-16(17-12)14-7-4-8-18-14/h2-9H,1H3. The maximum absolute atomic E-state index is 5.93. The van der Waals surface area contributed by atoms with Crippen molar-refractivity contribution in [2.45, 2.75) is 6.92 Å². The van der Waals surface area contributed by atoms with Gasteiger partial charge in [-0.2, -0.15) is 0 Å². The number of nitrogens with zero attached hydrogens (tertiary/aromatic N) is 1. The minimum Gasteiger partial charge on any atom is -0.462 e. The van der Waals surface area contributed by atoms with E-state index in [1.54, 1.807) is 17.6 Å². The molecule has 0 spiro atoms. The van der Waals surface area contributed by atoms with Crippen LogP contribution < -0.4 is 0 Å². The number of hydrogen-bond acceptors (Lipinski definition) is 4. The zero-order chi connectivity index (χ0) is 13.5. The van der Waals surface area contributed by atoms with Gasteiger partial charge >= 0.3 is 0 Å². The van der Waals surface area contributed by atoms with Crippen LogP contribution in [-0.4, -0.2) is 4.98 Å². The van der Waals surface area contributed by atoms with E-state index in [0.29, 0.717) is 0 Å². The topological polar surface area (TPSA) is 39.2 Å². The number of aryl methyl sites for hydroxylation is 1. The summed E-state index contributed by atoms with van der Waals surface area (Å²) in [4.78, 5) is 4.61. The van der Waals surface area contributed by atoms with Crippen molar-refractivity contribution >= 4 is 22.3 Å². The van der Waals surface area contributed by atoms with Crippen LogP contribution in [0.2, 0.25) is 0 Å². The van der Waals surface area contributed by atoms with E-state index < -0.39 is 0 Å². The number of thiazole rings is 1. The van der Waals surface area contributed by atoms with Gasteiger partial charge in [0.15, 0.2) is 16.5 Å². The summed E-state index contributed by atoms with van der Waals surface area (Å²) < 4.78 is 11.3. The quantitative estimate of drug-likeness (QED) is 0.511. The molecule has 3 heterocycles. The lowest BCUT2D eigenvalue weighted by atomic mass is 10.1. The maximum atomic E-state index is 5.93.